The standard InChI is InChI=1S/C15H26N2/c1-10(2)8-13-15(11(3)4)17-7-6-12(5)9-14(17)16-13/h10-12H,6-9H2,1-5H3. The van der Waals surface area contributed by atoms with Crippen molar-refractivity contribution in [1.82, 2.24) is 9.55 Å². The predicted octanol–water partition coefficient (Wildman–Crippen LogP) is 3.79. The fourth-order valence-electron chi connectivity index (χ4n) is 2.92. The van der Waals surface area contributed by atoms with Crippen LogP contribution in [0, 0.1) is 11.8 Å². The minimum atomic E-state index is 0.596. The van der Waals surface area contributed by atoms with Crippen LogP contribution >= 0.6 is 0 Å². The Hall–Kier alpha value is -0.790. The molecule has 2 rings (SSSR count). The maximum Gasteiger partial charge on any atom is 0.109 e. The molecule has 0 bridgehead atoms. The first kappa shape index (κ1) is 12.7. The molecule has 96 valence electrons. The third kappa shape index (κ3) is 2.56. The molecule has 2 heterocycles. The van der Waals surface area contributed by atoms with Crippen molar-refractivity contribution in [3.8, 4) is 0 Å². The molecular weight excluding hydrogens is 208 g/mol. The first-order valence-corrected chi connectivity index (χ1v) is 7.07. The van der Waals surface area contributed by atoms with E-state index in [2.05, 4.69) is 39.2 Å². The van der Waals surface area contributed by atoms with Crippen molar-refractivity contribution in [3.63, 3.8) is 0 Å². The van der Waals surface area contributed by atoms with Crippen LogP contribution in [-0.2, 0) is 19.4 Å². The summed E-state index contributed by atoms with van der Waals surface area (Å²) in [5, 5.41) is 0. The van der Waals surface area contributed by atoms with E-state index in [1.165, 1.54) is 30.2 Å². The van der Waals surface area contributed by atoms with Gasteiger partial charge < -0.3 is 4.57 Å². The number of nitrogens with zero attached hydrogens (tertiary/aromatic N) is 2. The highest BCUT2D eigenvalue weighted by atomic mass is 15.1. The smallest absolute Gasteiger partial charge is 0.109 e. The van der Waals surface area contributed by atoms with Gasteiger partial charge in [-0.1, -0.05) is 34.6 Å². The Labute approximate surface area is 105 Å². The highest BCUT2D eigenvalue weighted by Crippen LogP contribution is 2.29. The van der Waals surface area contributed by atoms with E-state index in [0.717, 1.165) is 18.8 Å². The first-order valence-electron chi connectivity index (χ1n) is 7.07. The SMILES string of the molecule is CC(C)Cc1nc2n(c1C(C)C)CCC(C)C2. The Kier molecular flexibility index (Phi) is 3.60. The number of aromatic nitrogens is 2. The maximum absolute atomic E-state index is 4.93. The second-order valence-electron chi connectivity index (χ2n) is 6.36. The zero-order valence-electron chi connectivity index (χ0n) is 12.0. The fourth-order valence-corrected chi connectivity index (χ4v) is 2.92. The monoisotopic (exact) mass is 234 g/mol. The molecule has 0 spiro atoms. The van der Waals surface area contributed by atoms with Gasteiger partial charge in [0.2, 0.25) is 0 Å². The van der Waals surface area contributed by atoms with Crippen LogP contribution in [0.5, 0.6) is 0 Å². The Morgan fingerprint density at radius 1 is 1.29 bits per heavy atom. The molecule has 0 fully saturated rings. The topological polar surface area (TPSA) is 17.8 Å². The van der Waals surface area contributed by atoms with Crippen molar-refractivity contribution in [3.05, 3.63) is 17.2 Å². The molecule has 1 aromatic heterocycles. The molecule has 2 nitrogen and oxygen atoms in total. The van der Waals surface area contributed by atoms with E-state index < -0.39 is 0 Å². The Bertz CT molecular complexity index is 388. The largest absolute Gasteiger partial charge is 0.331 e. The van der Waals surface area contributed by atoms with Gasteiger partial charge in [0.1, 0.15) is 5.82 Å². The summed E-state index contributed by atoms with van der Waals surface area (Å²) in [5.74, 6) is 3.43. The van der Waals surface area contributed by atoms with Crippen LogP contribution in [0.1, 0.15) is 64.2 Å². The summed E-state index contributed by atoms with van der Waals surface area (Å²) in [4.78, 5) is 4.93. The average Bonchev–Trinajstić information content (AvgIpc) is 2.53. The zero-order valence-corrected chi connectivity index (χ0v) is 12.0. The van der Waals surface area contributed by atoms with Crippen LogP contribution in [0.25, 0.3) is 0 Å². The molecule has 0 saturated heterocycles. The molecule has 0 N–H and O–H groups in total. The van der Waals surface area contributed by atoms with Gasteiger partial charge in [-0.25, -0.2) is 4.98 Å². The van der Waals surface area contributed by atoms with Gasteiger partial charge in [-0.15, -0.1) is 0 Å². The van der Waals surface area contributed by atoms with Gasteiger partial charge in [0.05, 0.1) is 5.69 Å². The van der Waals surface area contributed by atoms with Crippen molar-refractivity contribution in [2.45, 2.75) is 66.3 Å². The Morgan fingerprint density at radius 2 is 2.00 bits per heavy atom. The van der Waals surface area contributed by atoms with Crippen LogP contribution in [0.3, 0.4) is 0 Å². The lowest BCUT2D eigenvalue weighted by Crippen LogP contribution is -2.19. The molecular formula is C15H26N2. The summed E-state index contributed by atoms with van der Waals surface area (Å²) in [6.45, 7) is 12.7. The molecule has 2 heteroatoms. The summed E-state index contributed by atoms with van der Waals surface area (Å²) in [6.07, 6.45) is 3.60. The lowest BCUT2D eigenvalue weighted by molar-refractivity contribution is 0.400. The van der Waals surface area contributed by atoms with E-state index >= 15 is 0 Å². The predicted molar refractivity (Wildman–Crippen MR) is 72.3 cm³/mol. The molecule has 0 aliphatic carbocycles. The number of hydrogen-bond acceptors (Lipinski definition) is 1. The second kappa shape index (κ2) is 4.83. The lowest BCUT2D eigenvalue weighted by atomic mass is 9.98. The third-order valence-electron chi connectivity index (χ3n) is 3.69. The Morgan fingerprint density at radius 3 is 2.59 bits per heavy atom. The normalized spacial score (nSPS) is 20.1. The van der Waals surface area contributed by atoms with Crippen LogP contribution in [0.2, 0.25) is 0 Å². The molecule has 1 aromatic rings. The third-order valence-corrected chi connectivity index (χ3v) is 3.69. The summed E-state index contributed by atoms with van der Waals surface area (Å²) in [6, 6.07) is 0. The molecule has 1 aliphatic heterocycles. The van der Waals surface area contributed by atoms with E-state index in [9.17, 15) is 0 Å². The molecule has 0 aromatic carbocycles. The molecule has 0 radical (unpaired) electrons. The van der Waals surface area contributed by atoms with Gasteiger partial charge >= 0.3 is 0 Å². The van der Waals surface area contributed by atoms with Crippen molar-refractivity contribution < 1.29 is 0 Å². The van der Waals surface area contributed by atoms with Crippen LogP contribution in [0.15, 0.2) is 0 Å². The van der Waals surface area contributed by atoms with Crippen LogP contribution < -0.4 is 0 Å². The average molecular weight is 234 g/mol. The summed E-state index contributed by atoms with van der Waals surface area (Å²) in [5.41, 5.74) is 2.86. The lowest BCUT2D eigenvalue weighted by Gasteiger charge is -2.22. The van der Waals surface area contributed by atoms with Gasteiger partial charge in [-0.3, -0.25) is 0 Å². The summed E-state index contributed by atoms with van der Waals surface area (Å²) in [7, 11) is 0. The molecule has 1 unspecified atom stereocenters. The van der Waals surface area contributed by atoms with E-state index in [1.807, 2.05) is 0 Å². The zero-order chi connectivity index (χ0) is 12.6. The Balaban J connectivity index is 2.39. The van der Waals surface area contributed by atoms with Crippen molar-refractivity contribution in [2.75, 3.05) is 0 Å². The fraction of sp³-hybridized carbons (Fsp3) is 0.800. The number of imidazole rings is 1. The van der Waals surface area contributed by atoms with Crippen molar-refractivity contribution >= 4 is 0 Å². The second-order valence-corrected chi connectivity index (χ2v) is 6.36. The molecule has 1 atom stereocenters. The van der Waals surface area contributed by atoms with Crippen molar-refractivity contribution in [2.24, 2.45) is 11.8 Å². The number of rotatable bonds is 3. The molecule has 0 saturated carbocycles. The van der Waals surface area contributed by atoms with Crippen LogP contribution in [-0.4, -0.2) is 9.55 Å². The van der Waals surface area contributed by atoms with E-state index in [4.69, 9.17) is 4.98 Å². The summed E-state index contributed by atoms with van der Waals surface area (Å²) < 4.78 is 2.50. The minimum absolute atomic E-state index is 0.596. The quantitative estimate of drug-likeness (QED) is 0.778. The summed E-state index contributed by atoms with van der Waals surface area (Å²) >= 11 is 0. The van der Waals surface area contributed by atoms with Crippen LogP contribution in [0.4, 0.5) is 0 Å². The highest BCUT2D eigenvalue weighted by molar-refractivity contribution is 5.22. The molecule has 0 amide bonds. The van der Waals surface area contributed by atoms with E-state index in [1.54, 1.807) is 0 Å². The van der Waals surface area contributed by atoms with Gasteiger partial charge in [-0.05, 0) is 30.6 Å². The van der Waals surface area contributed by atoms with E-state index in [-0.39, 0.29) is 0 Å². The van der Waals surface area contributed by atoms with Gasteiger partial charge in [-0.2, -0.15) is 0 Å². The highest BCUT2D eigenvalue weighted by Gasteiger charge is 2.24. The van der Waals surface area contributed by atoms with E-state index in [0.29, 0.717) is 11.8 Å². The number of fused-ring (bicyclic) bond motifs is 1. The minimum Gasteiger partial charge on any atom is -0.331 e. The molecule has 17 heavy (non-hydrogen) atoms. The maximum atomic E-state index is 4.93. The van der Waals surface area contributed by atoms with Gasteiger partial charge in [0.15, 0.2) is 0 Å². The van der Waals surface area contributed by atoms with Crippen molar-refractivity contribution in [1.29, 1.82) is 0 Å². The molecule has 1 aliphatic rings. The van der Waals surface area contributed by atoms with Gasteiger partial charge in [0.25, 0.3) is 0 Å². The van der Waals surface area contributed by atoms with Gasteiger partial charge in [0, 0.05) is 18.7 Å². The number of hydrogen-bond donors (Lipinski definition) is 0. The first-order chi connectivity index (χ1) is 7.99.